The van der Waals surface area contributed by atoms with Gasteiger partial charge in [-0.15, -0.1) is 0 Å². The smallest absolute Gasteiger partial charge is 0.292 e. The average molecular weight is 446 g/mol. The van der Waals surface area contributed by atoms with Crippen LogP contribution in [0.15, 0.2) is 81.1 Å². The fourth-order valence-corrected chi connectivity index (χ4v) is 6.49. The maximum Gasteiger partial charge on any atom is 0.292 e. The highest BCUT2D eigenvalue weighted by molar-refractivity contribution is 6.09. The van der Waals surface area contributed by atoms with E-state index in [9.17, 15) is 5.11 Å². The van der Waals surface area contributed by atoms with Crippen LogP contribution in [-0.2, 0) is 9.47 Å². The van der Waals surface area contributed by atoms with E-state index in [1.54, 1.807) is 25.9 Å². The highest BCUT2D eigenvalue weighted by Gasteiger charge is 2.44. The van der Waals surface area contributed by atoms with Gasteiger partial charge in [0.15, 0.2) is 5.84 Å². The molecule has 0 radical (unpaired) electrons. The van der Waals surface area contributed by atoms with Gasteiger partial charge in [0.1, 0.15) is 11.9 Å². The van der Waals surface area contributed by atoms with Crippen LogP contribution in [0.2, 0.25) is 0 Å². The Labute approximate surface area is 194 Å². The lowest BCUT2D eigenvalue weighted by atomic mass is 9.57. The Balaban J connectivity index is 1.37. The summed E-state index contributed by atoms with van der Waals surface area (Å²) in [5.74, 6) is 3.61. The van der Waals surface area contributed by atoms with E-state index in [0.717, 1.165) is 18.4 Å². The number of hydrogen-bond acceptors (Lipinski definition) is 6. The molecule has 0 spiro atoms. The van der Waals surface area contributed by atoms with E-state index in [1.165, 1.54) is 18.4 Å². The van der Waals surface area contributed by atoms with E-state index in [1.807, 2.05) is 12.2 Å². The number of aliphatic imine (C=N–C) groups is 2. The van der Waals surface area contributed by atoms with Crippen LogP contribution in [0.3, 0.4) is 0 Å². The number of amidine groups is 2. The molecule has 0 aromatic rings. The molecule has 1 heterocycles. The van der Waals surface area contributed by atoms with Gasteiger partial charge in [-0.2, -0.15) is 4.99 Å². The second kappa shape index (κ2) is 8.17. The van der Waals surface area contributed by atoms with Crippen LogP contribution in [0.25, 0.3) is 0 Å². The summed E-state index contributed by atoms with van der Waals surface area (Å²) in [4.78, 5) is 9.71. The van der Waals surface area contributed by atoms with E-state index >= 15 is 0 Å². The first-order valence-electron chi connectivity index (χ1n) is 12.0. The molecule has 0 amide bonds. The van der Waals surface area contributed by atoms with E-state index in [0.29, 0.717) is 41.3 Å². The lowest BCUT2D eigenvalue weighted by Gasteiger charge is -2.47. The fourth-order valence-electron chi connectivity index (χ4n) is 6.49. The molecule has 0 aromatic carbocycles. The van der Waals surface area contributed by atoms with Gasteiger partial charge in [-0.05, 0) is 67.1 Å². The lowest BCUT2D eigenvalue weighted by Crippen LogP contribution is -2.47. The van der Waals surface area contributed by atoms with E-state index in [4.69, 9.17) is 19.5 Å². The zero-order valence-corrected chi connectivity index (χ0v) is 19.1. The second-order valence-corrected chi connectivity index (χ2v) is 9.74. The molecule has 6 aliphatic rings. The molecule has 172 valence electrons. The monoisotopic (exact) mass is 445 g/mol. The van der Waals surface area contributed by atoms with Crippen LogP contribution < -0.4 is 5.32 Å². The van der Waals surface area contributed by atoms with Crippen molar-refractivity contribution in [2.45, 2.75) is 38.0 Å². The van der Waals surface area contributed by atoms with Crippen molar-refractivity contribution < 1.29 is 14.6 Å². The topological polar surface area (TPSA) is 75.4 Å². The summed E-state index contributed by atoms with van der Waals surface area (Å²) >= 11 is 0. The summed E-state index contributed by atoms with van der Waals surface area (Å²) in [6.45, 7) is 0. The minimum Gasteiger partial charge on any atom is -0.497 e. The van der Waals surface area contributed by atoms with Gasteiger partial charge in [0.25, 0.3) is 6.02 Å². The van der Waals surface area contributed by atoms with Gasteiger partial charge >= 0.3 is 0 Å². The minimum absolute atomic E-state index is 0.247. The predicted molar refractivity (Wildman–Crippen MR) is 128 cm³/mol. The first kappa shape index (κ1) is 20.7. The molecule has 1 fully saturated rings. The van der Waals surface area contributed by atoms with Crippen LogP contribution in [0.4, 0.5) is 0 Å². The molecule has 2 N–H and O–H groups in total. The van der Waals surface area contributed by atoms with Crippen molar-refractivity contribution in [1.82, 2.24) is 5.32 Å². The number of methoxy groups -OCH3 is 2. The van der Waals surface area contributed by atoms with Crippen LogP contribution in [0.1, 0.15) is 25.7 Å². The molecule has 1 aliphatic heterocycles. The average Bonchev–Trinajstić information content (AvgIpc) is 2.86. The molecule has 0 bridgehead atoms. The normalized spacial score (nSPS) is 38.5. The molecule has 33 heavy (non-hydrogen) atoms. The van der Waals surface area contributed by atoms with Gasteiger partial charge in [0.05, 0.1) is 20.3 Å². The van der Waals surface area contributed by atoms with Crippen molar-refractivity contribution in [3.8, 4) is 0 Å². The van der Waals surface area contributed by atoms with Crippen molar-refractivity contribution in [2.75, 3.05) is 14.2 Å². The number of nitrogens with one attached hydrogen (secondary N) is 1. The Morgan fingerprint density at radius 2 is 1.94 bits per heavy atom. The molecule has 6 nitrogen and oxygen atoms in total. The molecule has 6 heteroatoms. The zero-order chi connectivity index (χ0) is 22.5. The third-order valence-electron chi connectivity index (χ3n) is 8.07. The molecular weight excluding hydrogens is 414 g/mol. The molecule has 7 atom stereocenters. The van der Waals surface area contributed by atoms with Crippen molar-refractivity contribution in [2.24, 2.45) is 39.6 Å². The molecule has 7 unspecified atom stereocenters. The summed E-state index contributed by atoms with van der Waals surface area (Å²) in [6.07, 6.45) is 21.1. The maximum atomic E-state index is 10.7. The number of hydrogen-bond donors (Lipinski definition) is 2. The minimum atomic E-state index is -0.709. The van der Waals surface area contributed by atoms with Crippen LogP contribution in [0.5, 0.6) is 0 Å². The van der Waals surface area contributed by atoms with Crippen LogP contribution >= 0.6 is 0 Å². The number of allylic oxidation sites excluding steroid dienone is 7. The zero-order valence-electron chi connectivity index (χ0n) is 19.1. The number of aliphatic hydroxyl groups excluding tert-OH is 1. The standard InChI is InChI=1S/C27H31N3O3/c1-32-18-10-13-21(22(31)14-18)26-28-25(29-27(30-26)33-2)20-12-9-17-7-6-15-4-3-5-16-8-11-19(20)24(17)23(15)16/h3-4,8,10-17,21-23,26,31H,5-7,9H2,1-2H3,(H,28,29,30). The quantitative estimate of drug-likeness (QED) is 0.648. The Kier molecular flexibility index (Phi) is 5.13. The van der Waals surface area contributed by atoms with Crippen molar-refractivity contribution in [1.29, 1.82) is 0 Å². The van der Waals surface area contributed by atoms with E-state index in [2.05, 4.69) is 35.7 Å². The SMILES string of the molecule is COC1=CC(O)C(C2N=C(C3=CCC4CCC5C=CCC6C=CC3=C4C65)N=C(OC)N2)C=C1. The van der Waals surface area contributed by atoms with Crippen LogP contribution in [0, 0.1) is 29.6 Å². The maximum absolute atomic E-state index is 10.7. The summed E-state index contributed by atoms with van der Waals surface area (Å²) in [7, 11) is 3.21. The summed E-state index contributed by atoms with van der Waals surface area (Å²) in [6, 6.07) is 0.431. The second-order valence-electron chi connectivity index (χ2n) is 9.74. The largest absolute Gasteiger partial charge is 0.497 e. The van der Waals surface area contributed by atoms with E-state index < -0.39 is 6.10 Å². The van der Waals surface area contributed by atoms with Gasteiger partial charge in [-0.1, -0.05) is 42.0 Å². The Morgan fingerprint density at radius 3 is 2.76 bits per heavy atom. The highest BCUT2D eigenvalue weighted by atomic mass is 16.5. The van der Waals surface area contributed by atoms with Crippen molar-refractivity contribution >= 4 is 11.9 Å². The first-order chi connectivity index (χ1) is 16.2. The Hall–Kier alpha value is -2.86. The predicted octanol–water partition coefficient (Wildman–Crippen LogP) is 3.81. The number of aliphatic hydroxyl groups is 1. The molecule has 1 saturated carbocycles. The van der Waals surface area contributed by atoms with Gasteiger partial charge in [-0.25, -0.2) is 4.99 Å². The molecular formula is C27H31N3O3. The Morgan fingerprint density at radius 1 is 1.03 bits per heavy atom. The summed E-state index contributed by atoms with van der Waals surface area (Å²) in [5.41, 5.74) is 4.04. The number of ether oxygens (including phenoxy) is 2. The number of rotatable bonds is 3. The highest BCUT2D eigenvalue weighted by Crippen LogP contribution is 2.53. The summed E-state index contributed by atoms with van der Waals surface area (Å²) in [5, 5.41) is 14.0. The molecule has 0 aromatic heterocycles. The molecule has 5 aliphatic carbocycles. The molecule has 6 rings (SSSR count). The van der Waals surface area contributed by atoms with Gasteiger partial charge in [-0.3, -0.25) is 0 Å². The van der Waals surface area contributed by atoms with Crippen molar-refractivity contribution in [3.63, 3.8) is 0 Å². The first-order valence-corrected chi connectivity index (χ1v) is 12.0. The van der Waals surface area contributed by atoms with Gasteiger partial charge in [0, 0.05) is 11.5 Å². The van der Waals surface area contributed by atoms with Gasteiger partial charge in [0.2, 0.25) is 0 Å². The third-order valence-corrected chi connectivity index (χ3v) is 8.07. The van der Waals surface area contributed by atoms with Gasteiger partial charge < -0.3 is 19.9 Å². The molecule has 0 saturated heterocycles. The third kappa shape index (κ3) is 3.43. The number of nitrogens with zero attached hydrogens (tertiary/aromatic N) is 2. The lowest BCUT2D eigenvalue weighted by molar-refractivity contribution is 0.145. The fraction of sp³-hybridized carbons (Fsp3) is 0.481. The van der Waals surface area contributed by atoms with Crippen molar-refractivity contribution in [3.05, 3.63) is 71.1 Å². The van der Waals surface area contributed by atoms with E-state index in [-0.39, 0.29) is 12.1 Å². The van der Waals surface area contributed by atoms with Crippen LogP contribution in [-0.4, -0.2) is 43.5 Å². The summed E-state index contributed by atoms with van der Waals surface area (Å²) < 4.78 is 10.8. The Bertz CT molecular complexity index is 1090.